The molecule has 0 bridgehead atoms. The first-order valence-corrected chi connectivity index (χ1v) is 11.3. The molecule has 1 amide bonds. The Hall–Kier alpha value is -0.810. The van der Waals surface area contributed by atoms with Gasteiger partial charge in [0.25, 0.3) is 0 Å². The molecule has 0 radical (unpaired) electrons. The third-order valence-corrected chi connectivity index (χ3v) is 6.45. The van der Waals surface area contributed by atoms with Crippen LogP contribution in [0.1, 0.15) is 93.4 Å². The van der Waals surface area contributed by atoms with Crippen LogP contribution in [0.25, 0.3) is 0 Å². The molecule has 2 fully saturated rings. The number of amides is 1. The van der Waals surface area contributed by atoms with E-state index in [4.69, 9.17) is 15.2 Å². The summed E-state index contributed by atoms with van der Waals surface area (Å²) in [5.74, 6) is 1.56. The molecule has 0 spiro atoms. The van der Waals surface area contributed by atoms with Crippen molar-refractivity contribution in [2.24, 2.45) is 23.5 Å². The molecule has 1 aliphatic carbocycles. The zero-order chi connectivity index (χ0) is 21.1. The summed E-state index contributed by atoms with van der Waals surface area (Å²) in [6.07, 6.45) is 8.12. The van der Waals surface area contributed by atoms with Crippen LogP contribution in [0.2, 0.25) is 0 Å². The molecule has 1 saturated heterocycles. The summed E-state index contributed by atoms with van der Waals surface area (Å²) in [6, 6.07) is 0.0562. The Morgan fingerprint density at radius 3 is 2.32 bits per heavy atom. The first-order valence-electron chi connectivity index (χ1n) is 11.3. The van der Waals surface area contributed by atoms with Crippen LogP contribution < -0.4 is 5.73 Å². The molecule has 0 aromatic rings. The van der Waals surface area contributed by atoms with E-state index in [2.05, 4.69) is 13.8 Å². The van der Waals surface area contributed by atoms with E-state index in [-0.39, 0.29) is 18.2 Å². The van der Waals surface area contributed by atoms with Gasteiger partial charge in [0.15, 0.2) is 0 Å². The Morgan fingerprint density at radius 2 is 1.82 bits per heavy atom. The van der Waals surface area contributed by atoms with Crippen molar-refractivity contribution in [3.05, 3.63) is 0 Å². The van der Waals surface area contributed by atoms with Crippen LogP contribution in [-0.4, -0.2) is 41.0 Å². The van der Waals surface area contributed by atoms with Gasteiger partial charge in [-0.3, -0.25) is 4.90 Å². The molecule has 1 heterocycles. The van der Waals surface area contributed by atoms with Gasteiger partial charge in [0.05, 0.1) is 12.1 Å². The van der Waals surface area contributed by atoms with Gasteiger partial charge in [0.2, 0.25) is 0 Å². The fourth-order valence-electron chi connectivity index (χ4n) is 4.90. The normalized spacial score (nSPS) is 27.2. The topological polar surface area (TPSA) is 64.8 Å². The largest absolute Gasteiger partial charge is 0.444 e. The van der Waals surface area contributed by atoms with E-state index >= 15 is 0 Å². The molecule has 3 atom stereocenters. The molecule has 1 aliphatic heterocycles. The Labute approximate surface area is 172 Å². The number of rotatable bonds is 6. The summed E-state index contributed by atoms with van der Waals surface area (Å²) in [6.45, 7) is 14.9. The number of nitrogens with two attached hydrogens (primary N) is 1. The average Bonchev–Trinajstić information content (AvgIpc) is 2.81. The monoisotopic (exact) mass is 396 g/mol. The molecule has 2 N–H and O–H groups in total. The average molecular weight is 397 g/mol. The second-order valence-electron chi connectivity index (χ2n) is 10.7. The minimum Gasteiger partial charge on any atom is -0.444 e. The second-order valence-corrected chi connectivity index (χ2v) is 10.7. The van der Waals surface area contributed by atoms with Crippen molar-refractivity contribution >= 4 is 6.09 Å². The molecule has 28 heavy (non-hydrogen) atoms. The van der Waals surface area contributed by atoms with Crippen LogP contribution in [0, 0.1) is 17.8 Å². The summed E-state index contributed by atoms with van der Waals surface area (Å²) in [7, 11) is 0. The number of hydrogen-bond acceptors (Lipinski definition) is 4. The van der Waals surface area contributed by atoms with E-state index in [1.165, 1.54) is 32.1 Å². The standard InChI is InChI=1S/C23H44N2O3/c1-16(2)18(15-24)14-20-19(13-17-11-9-8-10-12-17)25(23(6,7)27-20)21(26)28-22(3,4)5/h16-20H,8-15,24H2,1-7H3/t18-,19+,20+/m1/s1. The first kappa shape index (κ1) is 23.5. The maximum absolute atomic E-state index is 13.2. The van der Waals surface area contributed by atoms with Gasteiger partial charge in [0, 0.05) is 0 Å². The van der Waals surface area contributed by atoms with Crippen molar-refractivity contribution in [3.63, 3.8) is 0 Å². The van der Waals surface area contributed by atoms with Crippen LogP contribution in [-0.2, 0) is 9.47 Å². The van der Waals surface area contributed by atoms with Gasteiger partial charge in [-0.05, 0) is 71.8 Å². The van der Waals surface area contributed by atoms with Crippen LogP contribution in [0.5, 0.6) is 0 Å². The number of carbonyl (C=O) groups excluding carboxylic acids is 1. The molecular formula is C23H44N2O3. The highest BCUT2D eigenvalue weighted by Crippen LogP contribution is 2.41. The molecule has 5 heteroatoms. The minimum atomic E-state index is -0.664. The molecule has 0 aromatic heterocycles. The third kappa shape index (κ3) is 6.09. The fourth-order valence-corrected chi connectivity index (χ4v) is 4.90. The lowest BCUT2D eigenvalue weighted by molar-refractivity contribution is -0.0827. The van der Waals surface area contributed by atoms with Gasteiger partial charge in [-0.2, -0.15) is 0 Å². The summed E-state index contributed by atoms with van der Waals surface area (Å²) in [5.41, 5.74) is 4.89. The summed E-state index contributed by atoms with van der Waals surface area (Å²) in [4.78, 5) is 15.1. The third-order valence-electron chi connectivity index (χ3n) is 6.45. The molecule has 164 valence electrons. The highest BCUT2D eigenvalue weighted by molar-refractivity contribution is 5.70. The smallest absolute Gasteiger partial charge is 0.412 e. The number of nitrogens with zero attached hydrogens (tertiary/aromatic N) is 1. The molecule has 0 aromatic carbocycles. The van der Waals surface area contributed by atoms with Gasteiger partial charge in [-0.15, -0.1) is 0 Å². The van der Waals surface area contributed by atoms with Crippen molar-refractivity contribution in [2.75, 3.05) is 6.54 Å². The van der Waals surface area contributed by atoms with Crippen molar-refractivity contribution in [1.29, 1.82) is 0 Å². The number of carbonyl (C=O) groups is 1. The SMILES string of the molecule is CC(C)[C@@H](CN)C[C@@H]1OC(C)(C)N(C(=O)OC(C)(C)C)[C@H]1CC1CCCCC1. The summed E-state index contributed by atoms with van der Waals surface area (Å²) in [5, 5.41) is 0. The van der Waals surface area contributed by atoms with Gasteiger partial charge in [-0.25, -0.2) is 4.79 Å². The Balaban J connectivity index is 2.26. The van der Waals surface area contributed by atoms with Crippen LogP contribution in [0.15, 0.2) is 0 Å². The van der Waals surface area contributed by atoms with Gasteiger partial charge in [0.1, 0.15) is 11.3 Å². The number of hydrogen-bond donors (Lipinski definition) is 1. The van der Waals surface area contributed by atoms with E-state index in [1.54, 1.807) is 0 Å². The van der Waals surface area contributed by atoms with Crippen LogP contribution >= 0.6 is 0 Å². The van der Waals surface area contributed by atoms with Crippen molar-refractivity contribution in [2.45, 2.75) is 117 Å². The van der Waals surface area contributed by atoms with Gasteiger partial charge < -0.3 is 15.2 Å². The lowest BCUT2D eigenvalue weighted by Gasteiger charge is -2.37. The van der Waals surface area contributed by atoms with Crippen molar-refractivity contribution in [3.8, 4) is 0 Å². The molecule has 2 rings (SSSR count). The molecule has 1 saturated carbocycles. The zero-order valence-corrected chi connectivity index (χ0v) is 19.3. The van der Waals surface area contributed by atoms with E-state index in [0.717, 1.165) is 12.8 Å². The zero-order valence-electron chi connectivity index (χ0n) is 19.3. The Kier molecular flexibility index (Phi) is 7.83. The summed E-state index contributed by atoms with van der Waals surface area (Å²) >= 11 is 0. The predicted octanol–water partition coefficient (Wildman–Crippen LogP) is 5.32. The first-order chi connectivity index (χ1) is 12.9. The highest BCUT2D eigenvalue weighted by Gasteiger charge is 2.51. The fraction of sp³-hybridized carbons (Fsp3) is 0.957. The molecule has 5 nitrogen and oxygen atoms in total. The van der Waals surface area contributed by atoms with Crippen molar-refractivity contribution < 1.29 is 14.3 Å². The van der Waals surface area contributed by atoms with Crippen LogP contribution in [0.3, 0.4) is 0 Å². The van der Waals surface area contributed by atoms with Gasteiger partial charge >= 0.3 is 6.09 Å². The summed E-state index contributed by atoms with van der Waals surface area (Å²) < 4.78 is 12.3. The lowest BCUT2D eigenvalue weighted by atomic mass is 9.81. The molecule has 0 unspecified atom stereocenters. The predicted molar refractivity (Wildman–Crippen MR) is 114 cm³/mol. The second kappa shape index (κ2) is 9.34. The van der Waals surface area contributed by atoms with E-state index in [0.29, 0.717) is 24.3 Å². The Bertz CT molecular complexity index is 506. The maximum atomic E-state index is 13.2. The quantitative estimate of drug-likeness (QED) is 0.660. The molecular weight excluding hydrogens is 352 g/mol. The van der Waals surface area contributed by atoms with E-state index in [9.17, 15) is 4.79 Å². The van der Waals surface area contributed by atoms with E-state index < -0.39 is 11.3 Å². The van der Waals surface area contributed by atoms with Gasteiger partial charge in [-0.1, -0.05) is 46.0 Å². The Morgan fingerprint density at radius 1 is 1.21 bits per heavy atom. The van der Waals surface area contributed by atoms with E-state index in [1.807, 2.05) is 39.5 Å². The molecule has 2 aliphatic rings. The minimum absolute atomic E-state index is 0.0143. The maximum Gasteiger partial charge on any atom is 0.412 e. The van der Waals surface area contributed by atoms with Crippen molar-refractivity contribution in [1.82, 2.24) is 4.90 Å². The lowest BCUT2D eigenvalue weighted by Crippen LogP contribution is -2.51. The number of ether oxygens (including phenoxy) is 2. The van der Waals surface area contributed by atoms with Crippen LogP contribution in [0.4, 0.5) is 4.79 Å². The highest BCUT2D eigenvalue weighted by atomic mass is 16.6.